The van der Waals surface area contributed by atoms with Crippen LogP contribution in [0.25, 0.3) is 5.70 Å². The molecule has 0 fully saturated rings. The standard InChI is InChI=1S/C22H22N2O3S/c1-2-26-19(25)13-27-16-8-5-7-15(12-16)20-18-11-10-14-6-3-4-9-17(14)21(18)24-22(28)23-20/h3-9,12,20H,2,10-11,13H2,1H3,(H2,23,24,28). The predicted octanol–water partition coefficient (Wildman–Crippen LogP) is 3.50. The molecule has 2 aliphatic rings. The van der Waals surface area contributed by atoms with E-state index < -0.39 is 0 Å². The average molecular weight is 394 g/mol. The molecular formula is C22H22N2O3S. The quantitative estimate of drug-likeness (QED) is 0.598. The van der Waals surface area contributed by atoms with Crippen molar-refractivity contribution in [3.8, 4) is 5.75 Å². The maximum absolute atomic E-state index is 11.6. The molecule has 0 radical (unpaired) electrons. The van der Waals surface area contributed by atoms with E-state index in [1.807, 2.05) is 24.3 Å². The molecule has 0 aromatic heterocycles. The Hall–Kier alpha value is -2.86. The number of benzene rings is 2. The Morgan fingerprint density at radius 1 is 1.18 bits per heavy atom. The third-order valence-electron chi connectivity index (χ3n) is 4.99. The van der Waals surface area contributed by atoms with Gasteiger partial charge in [0.1, 0.15) is 5.75 Å². The average Bonchev–Trinajstić information content (AvgIpc) is 2.72. The zero-order valence-corrected chi connectivity index (χ0v) is 16.5. The van der Waals surface area contributed by atoms with Gasteiger partial charge in [-0.2, -0.15) is 0 Å². The highest BCUT2D eigenvalue weighted by atomic mass is 32.1. The summed E-state index contributed by atoms with van der Waals surface area (Å²) in [6, 6.07) is 16.2. The van der Waals surface area contributed by atoms with Gasteiger partial charge in [0.15, 0.2) is 11.7 Å². The second kappa shape index (κ2) is 8.02. The predicted molar refractivity (Wildman–Crippen MR) is 112 cm³/mol. The van der Waals surface area contributed by atoms with Gasteiger partial charge in [0.2, 0.25) is 0 Å². The molecule has 0 amide bonds. The van der Waals surface area contributed by atoms with Crippen molar-refractivity contribution in [1.29, 1.82) is 0 Å². The van der Waals surface area contributed by atoms with Crippen molar-refractivity contribution < 1.29 is 14.3 Å². The van der Waals surface area contributed by atoms with Gasteiger partial charge in [-0.1, -0.05) is 36.4 Å². The lowest BCUT2D eigenvalue weighted by Gasteiger charge is -2.35. The summed E-state index contributed by atoms with van der Waals surface area (Å²) in [4.78, 5) is 11.6. The van der Waals surface area contributed by atoms with Crippen molar-refractivity contribution in [2.45, 2.75) is 25.8 Å². The molecule has 1 heterocycles. The van der Waals surface area contributed by atoms with Gasteiger partial charge in [-0.15, -0.1) is 0 Å². The maximum Gasteiger partial charge on any atom is 0.344 e. The van der Waals surface area contributed by atoms with E-state index in [-0.39, 0.29) is 18.6 Å². The molecule has 2 aromatic rings. The van der Waals surface area contributed by atoms with Crippen LogP contribution in [0.5, 0.6) is 5.75 Å². The summed E-state index contributed by atoms with van der Waals surface area (Å²) < 4.78 is 10.5. The third-order valence-corrected chi connectivity index (χ3v) is 5.21. The molecule has 1 aliphatic carbocycles. The Kier molecular flexibility index (Phi) is 5.30. The Bertz CT molecular complexity index is 954. The highest BCUT2D eigenvalue weighted by molar-refractivity contribution is 7.80. The van der Waals surface area contributed by atoms with E-state index >= 15 is 0 Å². The SMILES string of the molecule is CCOC(=O)COc1cccc(C2NC(=S)NC3=C2CCc2ccccc23)c1. The fraction of sp³-hybridized carbons (Fsp3) is 0.273. The minimum atomic E-state index is -0.372. The lowest BCUT2D eigenvalue weighted by Crippen LogP contribution is -2.44. The number of hydrogen-bond acceptors (Lipinski definition) is 4. The van der Waals surface area contributed by atoms with E-state index in [2.05, 4.69) is 34.9 Å². The van der Waals surface area contributed by atoms with Gasteiger partial charge < -0.3 is 20.1 Å². The zero-order valence-electron chi connectivity index (χ0n) is 15.7. The monoisotopic (exact) mass is 394 g/mol. The third kappa shape index (κ3) is 3.73. The van der Waals surface area contributed by atoms with Crippen molar-refractivity contribution in [2.24, 2.45) is 0 Å². The fourth-order valence-corrected chi connectivity index (χ4v) is 3.99. The molecule has 144 valence electrons. The lowest BCUT2D eigenvalue weighted by molar-refractivity contribution is -0.145. The number of fused-ring (bicyclic) bond motifs is 2. The maximum atomic E-state index is 11.6. The summed E-state index contributed by atoms with van der Waals surface area (Å²) in [5, 5.41) is 7.35. The van der Waals surface area contributed by atoms with Gasteiger partial charge >= 0.3 is 5.97 Å². The normalized spacial score (nSPS) is 17.8. The first-order valence-electron chi connectivity index (χ1n) is 9.43. The summed E-state index contributed by atoms with van der Waals surface area (Å²) in [7, 11) is 0. The van der Waals surface area contributed by atoms with Crippen LogP contribution in [0.15, 0.2) is 54.1 Å². The largest absolute Gasteiger partial charge is 0.482 e. The van der Waals surface area contributed by atoms with Gasteiger partial charge in [-0.05, 0) is 60.8 Å². The van der Waals surface area contributed by atoms with Crippen LogP contribution < -0.4 is 15.4 Å². The topological polar surface area (TPSA) is 59.6 Å². The lowest BCUT2D eigenvalue weighted by atomic mass is 9.83. The fourth-order valence-electron chi connectivity index (χ4n) is 3.77. The van der Waals surface area contributed by atoms with Crippen molar-refractivity contribution in [3.63, 3.8) is 0 Å². The minimum absolute atomic E-state index is 0.0248. The summed E-state index contributed by atoms with van der Waals surface area (Å²) >= 11 is 5.48. The summed E-state index contributed by atoms with van der Waals surface area (Å²) in [6.07, 6.45) is 1.95. The molecule has 28 heavy (non-hydrogen) atoms. The van der Waals surface area contributed by atoms with Gasteiger partial charge in [-0.3, -0.25) is 0 Å². The molecule has 1 atom stereocenters. The van der Waals surface area contributed by atoms with Gasteiger partial charge in [0.25, 0.3) is 0 Å². The molecular weight excluding hydrogens is 372 g/mol. The van der Waals surface area contributed by atoms with Crippen LogP contribution in [0, 0.1) is 0 Å². The number of carbonyl (C=O) groups excluding carboxylic acids is 1. The van der Waals surface area contributed by atoms with Crippen molar-refractivity contribution in [2.75, 3.05) is 13.2 Å². The smallest absolute Gasteiger partial charge is 0.344 e. The van der Waals surface area contributed by atoms with Gasteiger partial charge in [0.05, 0.1) is 12.6 Å². The summed E-state index contributed by atoms with van der Waals surface area (Å²) in [5.74, 6) is 0.262. The number of carbonyl (C=O) groups is 1. The van der Waals surface area contributed by atoms with E-state index in [0.29, 0.717) is 17.5 Å². The first kappa shape index (κ1) is 18.5. The van der Waals surface area contributed by atoms with Crippen molar-refractivity contribution >= 4 is 29.0 Å². The number of hydrogen-bond donors (Lipinski definition) is 2. The number of thiocarbonyl (C=S) groups is 1. The molecule has 1 aliphatic heterocycles. The van der Waals surface area contributed by atoms with Crippen LogP contribution in [0.3, 0.4) is 0 Å². The second-order valence-electron chi connectivity index (χ2n) is 6.76. The van der Waals surface area contributed by atoms with Crippen molar-refractivity contribution in [3.05, 3.63) is 70.8 Å². The molecule has 5 nitrogen and oxygen atoms in total. The number of aryl methyl sites for hydroxylation is 1. The Balaban J connectivity index is 1.63. The van der Waals surface area contributed by atoms with Crippen LogP contribution in [0.2, 0.25) is 0 Å². The van der Waals surface area contributed by atoms with Crippen LogP contribution in [-0.2, 0) is 16.0 Å². The summed E-state index contributed by atoms with van der Waals surface area (Å²) in [6.45, 7) is 2.02. The first-order chi connectivity index (χ1) is 13.7. The molecule has 6 heteroatoms. The molecule has 1 unspecified atom stereocenters. The zero-order chi connectivity index (χ0) is 19.5. The van der Waals surface area contributed by atoms with Gasteiger partial charge in [0, 0.05) is 11.3 Å². The molecule has 0 bridgehead atoms. The van der Waals surface area contributed by atoms with E-state index in [9.17, 15) is 4.79 Å². The first-order valence-corrected chi connectivity index (χ1v) is 9.83. The van der Waals surface area contributed by atoms with Crippen LogP contribution in [0.4, 0.5) is 0 Å². The van der Waals surface area contributed by atoms with E-state index in [0.717, 1.165) is 24.1 Å². The molecule has 4 rings (SSSR count). The molecule has 0 spiro atoms. The van der Waals surface area contributed by atoms with Crippen LogP contribution >= 0.6 is 12.2 Å². The Morgan fingerprint density at radius 2 is 2.04 bits per heavy atom. The highest BCUT2D eigenvalue weighted by Gasteiger charge is 2.30. The van der Waals surface area contributed by atoms with E-state index in [1.54, 1.807) is 6.92 Å². The highest BCUT2D eigenvalue weighted by Crippen LogP contribution is 2.39. The minimum Gasteiger partial charge on any atom is -0.482 e. The van der Waals surface area contributed by atoms with Crippen LogP contribution in [0.1, 0.15) is 36.1 Å². The molecule has 0 saturated carbocycles. The van der Waals surface area contributed by atoms with Gasteiger partial charge in [-0.25, -0.2) is 4.79 Å². The van der Waals surface area contributed by atoms with Crippen LogP contribution in [-0.4, -0.2) is 24.3 Å². The second-order valence-corrected chi connectivity index (χ2v) is 7.16. The number of ether oxygens (including phenoxy) is 2. The van der Waals surface area contributed by atoms with E-state index in [1.165, 1.54) is 16.7 Å². The molecule has 2 N–H and O–H groups in total. The number of nitrogens with one attached hydrogen (secondary N) is 2. The molecule has 2 aromatic carbocycles. The molecule has 0 saturated heterocycles. The Labute approximate surface area is 169 Å². The Morgan fingerprint density at radius 3 is 2.89 bits per heavy atom. The number of rotatable bonds is 5. The summed E-state index contributed by atoms with van der Waals surface area (Å²) in [5.41, 5.74) is 6.00. The number of esters is 1. The van der Waals surface area contributed by atoms with Crippen molar-refractivity contribution in [1.82, 2.24) is 10.6 Å². The van der Waals surface area contributed by atoms with E-state index in [4.69, 9.17) is 21.7 Å².